The molecule has 1 N–H and O–H groups in total. The third-order valence-corrected chi connectivity index (χ3v) is 6.39. The molecule has 1 aromatic carbocycles. The maximum atomic E-state index is 6.42. The largest absolute Gasteiger partial charge is 0.306 e. The van der Waals surface area contributed by atoms with Crippen LogP contribution in [0.1, 0.15) is 24.1 Å². The normalized spacial score (nSPS) is 12.7. The Morgan fingerprint density at radius 1 is 1.26 bits per heavy atom. The summed E-state index contributed by atoms with van der Waals surface area (Å²) < 4.78 is 3.13. The van der Waals surface area contributed by atoms with Gasteiger partial charge in [0.2, 0.25) is 0 Å². The number of rotatable bonds is 4. The first kappa shape index (κ1) is 16.0. The van der Waals surface area contributed by atoms with Crippen molar-refractivity contribution in [1.29, 1.82) is 0 Å². The molecule has 19 heavy (non-hydrogen) atoms. The molecule has 0 aliphatic heterocycles. The van der Waals surface area contributed by atoms with Gasteiger partial charge in [0, 0.05) is 4.47 Å². The van der Waals surface area contributed by atoms with Crippen LogP contribution in [0, 0.1) is 0 Å². The highest BCUT2D eigenvalue weighted by atomic mass is 79.9. The van der Waals surface area contributed by atoms with Crippen LogP contribution in [-0.4, -0.2) is 6.54 Å². The molecule has 2 aromatic rings. The molecular formula is C13H11Br3ClNS. The van der Waals surface area contributed by atoms with Gasteiger partial charge in [-0.1, -0.05) is 30.7 Å². The van der Waals surface area contributed by atoms with Crippen LogP contribution in [0.15, 0.2) is 36.3 Å². The number of thiophene rings is 1. The Kier molecular flexibility index (Phi) is 5.93. The molecule has 2 rings (SSSR count). The van der Waals surface area contributed by atoms with Crippen LogP contribution in [0.4, 0.5) is 0 Å². The molecule has 0 aliphatic carbocycles. The lowest BCUT2D eigenvalue weighted by atomic mass is 10.0. The second kappa shape index (κ2) is 7.05. The van der Waals surface area contributed by atoms with Crippen molar-refractivity contribution in [1.82, 2.24) is 5.32 Å². The summed E-state index contributed by atoms with van der Waals surface area (Å²) in [6.45, 7) is 2.96. The van der Waals surface area contributed by atoms with Gasteiger partial charge in [-0.3, -0.25) is 0 Å². The van der Waals surface area contributed by atoms with E-state index < -0.39 is 0 Å². The summed E-state index contributed by atoms with van der Waals surface area (Å²) in [7, 11) is 0. The molecule has 0 saturated carbocycles. The number of nitrogens with one attached hydrogen (secondary N) is 1. The van der Waals surface area contributed by atoms with Crippen molar-refractivity contribution >= 4 is 70.7 Å². The molecule has 0 amide bonds. The Morgan fingerprint density at radius 2 is 2.00 bits per heavy atom. The summed E-state index contributed by atoms with van der Waals surface area (Å²) in [5.41, 5.74) is 2.27. The van der Waals surface area contributed by atoms with Crippen molar-refractivity contribution in [2.24, 2.45) is 0 Å². The van der Waals surface area contributed by atoms with Crippen LogP contribution < -0.4 is 5.32 Å². The van der Waals surface area contributed by atoms with Gasteiger partial charge in [0.25, 0.3) is 0 Å². The van der Waals surface area contributed by atoms with E-state index in [0.29, 0.717) is 0 Å². The minimum Gasteiger partial charge on any atom is -0.306 e. The lowest BCUT2D eigenvalue weighted by Gasteiger charge is -2.20. The van der Waals surface area contributed by atoms with Crippen molar-refractivity contribution < 1.29 is 0 Å². The molecule has 1 heterocycles. The first-order valence-corrected chi connectivity index (χ1v) is 9.24. The van der Waals surface area contributed by atoms with Crippen molar-refractivity contribution in [2.45, 2.75) is 13.0 Å². The molecular weight excluding hydrogens is 477 g/mol. The fraction of sp³-hybridized carbons (Fsp3) is 0.231. The molecule has 0 bridgehead atoms. The van der Waals surface area contributed by atoms with E-state index in [1.165, 1.54) is 5.56 Å². The Hall–Kier alpha value is 0.610. The van der Waals surface area contributed by atoms with E-state index in [9.17, 15) is 0 Å². The zero-order valence-corrected chi connectivity index (χ0v) is 16.3. The third-order valence-electron chi connectivity index (χ3n) is 2.69. The molecule has 1 nitrogen and oxygen atoms in total. The quantitative estimate of drug-likeness (QED) is 0.526. The maximum absolute atomic E-state index is 6.42. The van der Waals surface area contributed by atoms with Gasteiger partial charge in [0.15, 0.2) is 0 Å². The lowest BCUT2D eigenvalue weighted by Crippen LogP contribution is -2.22. The highest BCUT2D eigenvalue weighted by Gasteiger charge is 2.21. The van der Waals surface area contributed by atoms with Crippen molar-refractivity contribution in [3.63, 3.8) is 0 Å². The monoisotopic (exact) mass is 485 g/mol. The minimum absolute atomic E-state index is 0.0759. The number of hydrogen-bond donors (Lipinski definition) is 1. The van der Waals surface area contributed by atoms with E-state index in [1.54, 1.807) is 11.3 Å². The van der Waals surface area contributed by atoms with E-state index in [-0.39, 0.29) is 6.04 Å². The van der Waals surface area contributed by atoms with Crippen LogP contribution in [0.5, 0.6) is 0 Å². The highest BCUT2D eigenvalue weighted by Crippen LogP contribution is 2.40. The van der Waals surface area contributed by atoms with Gasteiger partial charge in [0.05, 0.1) is 18.6 Å². The standard InChI is InChI=1S/C13H11Br3ClNS/c1-2-18-12(8-6-10(15)19-13(8)16)7-4-3-5-9(14)11(7)17/h3-6,12,18H,2H2,1H3. The molecule has 0 fully saturated rings. The fourth-order valence-corrected chi connectivity index (χ4v) is 5.40. The molecule has 1 unspecified atom stereocenters. The minimum atomic E-state index is 0.0759. The van der Waals surface area contributed by atoms with Crippen molar-refractivity contribution in [3.05, 3.63) is 52.5 Å². The summed E-state index contributed by atoms with van der Waals surface area (Å²) >= 11 is 18.7. The average Bonchev–Trinajstić information content (AvgIpc) is 2.69. The summed E-state index contributed by atoms with van der Waals surface area (Å²) in [5.74, 6) is 0. The van der Waals surface area contributed by atoms with Crippen LogP contribution in [0.25, 0.3) is 0 Å². The Balaban J connectivity index is 2.51. The predicted octanol–water partition coefficient (Wildman–Crippen LogP) is 6.39. The van der Waals surface area contributed by atoms with E-state index in [1.807, 2.05) is 12.1 Å². The van der Waals surface area contributed by atoms with Crippen LogP contribution in [0.3, 0.4) is 0 Å². The average molecular weight is 488 g/mol. The molecule has 0 aliphatic rings. The Labute approximate surface area is 147 Å². The zero-order chi connectivity index (χ0) is 14.0. The van der Waals surface area contributed by atoms with Gasteiger partial charge in [-0.2, -0.15) is 0 Å². The van der Waals surface area contributed by atoms with E-state index >= 15 is 0 Å². The number of halogens is 4. The van der Waals surface area contributed by atoms with E-state index in [2.05, 4.69) is 72.2 Å². The number of hydrogen-bond acceptors (Lipinski definition) is 2. The van der Waals surface area contributed by atoms with Crippen LogP contribution in [0.2, 0.25) is 5.02 Å². The fourth-order valence-electron chi connectivity index (χ4n) is 1.88. The topological polar surface area (TPSA) is 12.0 Å². The summed E-state index contributed by atoms with van der Waals surface area (Å²) in [5, 5.41) is 4.24. The zero-order valence-electron chi connectivity index (χ0n) is 10.0. The molecule has 0 radical (unpaired) electrons. The molecule has 1 atom stereocenters. The Morgan fingerprint density at radius 3 is 2.58 bits per heavy atom. The van der Waals surface area contributed by atoms with Crippen LogP contribution >= 0.6 is 70.7 Å². The van der Waals surface area contributed by atoms with Gasteiger partial charge >= 0.3 is 0 Å². The van der Waals surface area contributed by atoms with Gasteiger partial charge in [0.1, 0.15) is 0 Å². The summed E-state index contributed by atoms with van der Waals surface area (Å²) in [6.07, 6.45) is 0. The smallest absolute Gasteiger partial charge is 0.0761 e. The van der Waals surface area contributed by atoms with Gasteiger partial charge in [-0.05, 0) is 77.6 Å². The molecule has 102 valence electrons. The van der Waals surface area contributed by atoms with Crippen molar-refractivity contribution in [3.8, 4) is 0 Å². The summed E-state index contributed by atoms with van der Waals surface area (Å²) in [6, 6.07) is 8.21. The SMILES string of the molecule is CCNC(c1cc(Br)sc1Br)c1cccc(Br)c1Cl. The Bertz CT molecular complexity index is 585. The maximum Gasteiger partial charge on any atom is 0.0761 e. The van der Waals surface area contributed by atoms with E-state index in [4.69, 9.17) is 11.6 Å². The first-order chi connectivity index (χ1) is 9.04. The molecule has 0 spiro atoms. The second-order valence-electron chi connectivity index (χ2n) is 3.91. The predicted molar refractivity (Wildman–Crippen MR) is 94.4 cm³/mol. The molecule has 6 heteroatoms. The second-order valence-corrected chi connectivity index (χ2v) is 8.89. The van der Waals surface area contributed by atoms with Crippen LogP contribution in [-0.2, 0) is 0 Å². The first-order valence-electron chi connectivity index (χ1n) is 5.66. The molecule has 1 aromatic heterocycles. The van der Waals surface area contributed by atoms with E-state index in [0.717, 1.165) is 29.2 Å². The lowest BCUT2D eigenvalue weighted by molar-refractivity contribution is 0.630. The number of benzene rings is 1. The highest BCUT2D eigenvalue weighted by molar-refractivity contribution is 9.12. The van der Waals surface area contributed by atoms with Gasteiger partial charge in [-0.25, -0.2) is 0 Å². The molecule has 0 saturated heterocycles. The van der Waals surface area contributed by atoms with Gasteiger partial charge in [-0.15, -0.1) is 11.3 Å². The van der Waals surface area contributed by atoms with Gasteiger partial charge < -0.3 is 5.32 Å². The van der Waals surface area contributed by atoms with Crippen molar-refractivity contribution in [2.75, 3.05) is 6.54 Å². The summed E-state index contributed by atoms with van der Waals surface area (Å²) in [4.78, 5) is 0. The third kappa shape index (κ3) is 3.63.